The minimum Gasteiger partial charge on any atom is -0.508 e. The first kappa shape index (κ1) is 35.6. The third kappa shape index (κ3) is 5.51. The number of phenols is 1. The third-order valence-corrected chi connectivity index (χ3v) is 12.0. The molecule has 2 saturated heterocycles. The number of hydrogen-bond acceptors (Lipinski definition) is 8. The molecule has 2 heterocycles. The Bertz CT molecular complexity index is 2310. The van der Waals surface area contributed by atoms with E-state index in [1.165, 1.54) is 29.2 Å². The van der Waals surface area contributed by atoms with Crippen molar-refractivity contribution in [1.82, 2.24) is 0 Å². The highest BCUT2D eigenvalue weighted by atomic mass is 35.5. The maximum absolute atomic E-state index is 14.6. The van der Waals surface area contributed by atoms with Crippen LogP contribution < -0.4 is 14.7 Å². The summed E-state index contributed by atoms with van der Waals surface area (Å²) in [6.45, 7) is 1.68. The second kappa shape index (κ2) is 13.2. The Kier molecular flexibility index (Phi) is 8.69. The Labute approximate surface area is 320 Å². The molecule has 6 unspecified atom stereocenters. The van der Waals surface area contributed by atoms with Crippen LogP contribution in [0.1, 0.15) is 31.2 Å². The number of halogens is 3. The standard InChI is InChI=1S/C41H34Cl2FN5O5/c1-41-31(38(52)49(40(41)54)26-13-16-33(44)32(43)19-26)20-29-27(36(41)30-18-21(42)4-17-34(30)50)14-15-28-35(29)39(53)48(37(28)51)25-11-7-23(8-12-25)46-45-22-5-9-24(10-6-22)47(2)3/h4-14,16-19,28-29,31,35-36,50H,15,20H2,1-3H3. The number of benzene rings is 4. The monoisotopic (exact) mass is 765 g/mol. The average molecular weight is 767 g/mol. The highest BCUT2D eigenvalue weighted by Crippen LogP contribution is 2.64. The molecule has 4 amide bonds. The fourth-order valence-corrected chi connectivity index (χ4v) is 9.20. The number of azo groups is 1. The first-order chi connectivity index (χ1) is 25.8. The maximum atomic E-state index is 14.6. The van der Waals surface area contributed by atoms with Crippen molar-refractivity contribution in [1.29, 1.82) is 0 Å². The van der Waals surface area contributed by atoms with Gasteiger partial charge in [0.1, 0.15) is 11.6 Å². The zero-order valence-electron chi connectivity index (χ0n) is 29.4. The van der Waals surface area contributed by atoms with Gasteiger partial charge in [0, 0.05) is 36.3 Å². The molecule has 2 aliphatic heterocycles. The molecule has 4 aromatic carbocycles. The number of carbonyl (C=O) groups is 4. The smallest absolute Gasteiger partial charge is 0.241 e. The lowest BCUT2D eigenvalue weighted by Crippen LogP contribution is -2.48. The first-order valence-electron chi connectivity index (χ1n) is 17.5. The van der Waals surface area contributed by atoms with E-state index in [2.05, 4.69) is 10.2 Å². The van der Waals surface area contributed by atoms with Crippen molar-refractivity contribution in [3.63, 3.8) is 0 Å². The predicted octanol–water partition coefficient (Wildman–Crippen LogP) is 8.75. The van der Waals surface area contributed by atoms with E-state index in [4.69, 9.17) is 23.2 Å². The highest BCUT2D eigenvalue weighted by molar-refractivity contribution is 6.32. The van der Waals surface area contributed by atoms with Crippen molar-refractivity contribution in [3.05, 3.63) is 118 Å². The summed E-state index contributed by atoms with van der Waals surface area (Å²) in [5.74, 6) is -6.67. The first-order valence-corrected chi connectivity index (χ1v) is 18.2. The summed E-state index contributed by atoms with van der Waals surface area (Å²) in [6.07, 6.45) is 2.20. The predicted molar refractivity (Wildman–Crippen MR) is 203 cm³/mol. The zero-order valence-corrected chi connectivity index (χ0v) is 30.9. The van der Waals surface area contributed by atoms with Crippen molar-refractivity contribution in [3.8, 4) is 5.75 Å². The molecule has 0 aromatic heterocycles. The van der Waals surface area contributed by atoms with E-state index in [0.717, 1.165) is 16.7 Å². The van der Waals surface area contributed by atoms with Crippen LogP contribution in [0.3, 0.4) is 0 Å². The Morgan fingerprint density at radius 3 is 2.09 bits per heavy atom. The van der Waals surface area contributed by atoms with Gasteiger partial charge in [-0.25, -0.2) is 9.29 Å². The van der Waals surface area contributed by atoms with Crippen LogP contribution in [0.25, 0.3) is 0 Å². The molecule has 13 heteroatoms. The number of hydrogen-bond donors (Lipinski definition) is 1. The molecule has 1 saturated carbocycles. The Balaban J connectivity index is 1.14. The quantitative estimate of drug-likeness (QED) is 0.119. The topological polar surface area (TPSA) is 123 Å². The van der Waals surface area contributed by atoms with E-state index >= 15 is 0 Å². The van der Waals surface area contributed by atoms with Gasteiger partial charge in [0.05, 0.1) is 50.9 Å². The lowest BCUT2D eigenvalue weighted by Gasteiger charge is -2.49. The van der Waals surface area contributed by atoms with E-state index in [1.807, 2.05) is 49.3 Å². The molecule has 1 N–H and O–H groups in total. The minimum absolute atomic E-state index is 0.0963. The van der Waals surface area contributed by atoms with E-state index in [-0.39, 0.29) is 35.2 Å². The van der Waals surface area contributed by atoms with Crippen LogP contribution in [0.5, 0.6) is 5.75 Å². The largest absolute Gasteiger partial charge is 0.508 e. The molecule has 274 valence electrons. The van der Waals surface area contributed by atoms with Gasteiger partial charge in [-0.3, -0.25) is 24.1 Å². The Morgan fingerprint density at radius 2 is 1.44 bits per heavy atom. The minimum atomic E-state index is -1.43. The van der Waals surface area contributed by atoms with Gasteiger partial charge in [0.25, 0.3) is 0 Å². The van der Waals surface area contributed by atoms with Gasteiger partial charge in [-0.1, -0.05) is 34.9 Å². The molecule has 0 spiro atoms. The van der Waals surface area contributed by atoms with E-state index in [0.29, 0.717) is 33.2 Å². The Morgan fingerprint density at radius 1 is 0.796 bits per heavy atom. The summed E-state index contributed by atoms with van der Waals surface area (Å²) in [5.41, 5.74) is 2.30. The molecular weight excluding hydrogens is 732 g/mol. The van der Waals surface area contributed by atoms with Crippen LogP contribution >= 0.6 is 23.2 Å². The number of fused-ring (bicyclic) bond motifs is 4. The molecule has 10 nitrogen and oxygen atoms in total. The second-order valence-corrected chi connectivity index (χ2v) is 15.4. The summed E-state index contributed by atoms with van der Waals surface area (Å²) >= 11 is 12.5. The molecule has 2 aliphatic carbocycles. The molecule has 8 rings (SSSR count). The van der Waals surface area contributed by atoms with Crippen LogP contribution in [-0.4, -0.2) is 42.8 Å². The fraction of sp³-hybridized carbons (Fsp3) is 0.268. The maximum Gasteiger partial charge on any atom is 0.241 e. The van der Waals surface area contributed by atoms with Crippen LogP contribution in [0.4, 0.5) is 32.8 Å². The van der Waals surface area contributed by atoms with Crippen LogP contribution in [-0.2, 0) is 19.2 Å². The van der Waals surface area contributed by atoms with E-state index in [9.17, 15) is 28.7 Å². The van der Waals surface area contributed by atoms with Gasteiger partial charge in [-0.2, -0.15) is 10.2 Å². The van der Waals surface area contributed by atoms with Gasteiger partial charge < -0.3 is 10.0 Å². The van der Waals surface area contributed by atoms with E-state index in [1.54, 1.807) is 37.3 Å². The summed E-state index contributed by atoms with van der Waals surface area (Å²) < 4.78 is 14.2. The number of carbonyl (C=O) groups excluding carboxylic acids is 4. The number of phenolic OH excluding ortho intramolecular Hbond substituents is 1. The van der Waals surface area contributed by atoms with E-state index < -0.39 is 58.5 Å². The van der Waals surface area contributed by atoms with Crippen molar-refractivity contribution in [2.45, 2.75) is 25.7 Å². The molecule has 0 bridgehead atoms. The van der Waals surface area contributed by atoms with Gasteiger partial charge >= 0.3 is 0 Å². The molecule has 4 aliphatic rings. The number of allylic oxidation sites excluding steroid dienone is 2. The van der Waals surface area contributed by atoms with Gasteiger partial charge in [0.2, 0.25) is 23.6 Å². The summed E-state index contributed by atoms with van der Waals surface area (Å²) in [6, 6.07) is 22.4. The van der Waals surface area contributed by atoms with Crippen molar-refractivity contribution in [2.75, 3.05) is 28.8 Å². The SMILES string of the molecule is CN(C)c1ccc(N=Nc2ccc(N3C(=O)C4CC=C5C(CC6C(=O)N(c7ccc(F)c(Cl)c7)C(=O)C6(C)C5c5cc(Cl)ccc5O)C4C3=O)cc2)cc1. The van der Waals surface area contributed by atoms with Gasteiger partial charge in [-0.15, -0.1) is 0 Å². The number of rotatable bonds is 6. The summed E-state index contributed by atoms with van der Waals surface area (Å²) in [4.78, 5) is 61.7. The number of aromatic hydroxyl groups is 1. The summed E-state index contributed by atoms with van der Waals surface area (Å²) in [5, 5.41) is 19.9. The lowest BCUT2D eigenvalue weighted by atomic mass is 9.51. The fourth-order valence-electron chi connectivity index (χ4n) is 8.84. The van der Waals surface area contributed by atoms with Crippen molar-refractivity contribution >= 4 is 75.3 Å². The van der Waals surface area contributed by atoms with Crippen LogP contribution in [0, 0.1) is 34.9 Å². The third-order valence-electron chi connectivity index (χ3n) is 11.5. The molecule has 6 atom stereocenters. The summed E-state index contributed by atoms with van der Waals surface area (Å²) in [7, 11) is 3.90. The van der Waals surface area contributed by atoms with Gasteiger partial charge in [0.15, 0.2) is 0 Å². The zero-order chi connectivity index (χ0) is 38.2. The molecule has 4 aromatic rings. The number of nitrogens with zero attached hydrogens (tertiary/aromatic N) is 5. The lowest BCUT2D eigenvalue weighted by molar-refractivity contribution is -0.131. The number of imide groups is 2. The van der Waals surface area contributed by atoms with Gasteiger partial charge in [-0.05, 0) is 111 Å². The number of amides is 4. The highest BCUT2D eigenvalue weighted by Gasteiger charge is 2.68. The number of anilines is 3. The second-order valence-electron chi connectivity index (χ2n) is 14.6. The van der Waals surface area contributed by atoms with Crippen molar-refractivity contribution < 1.29 is 28.7 Å². The van der Waals surface area contributed by atoms with Crippen LogP contribution in [0.2, 0.25) is 10.0 Å². The normalized spacial score (nSPS) is 26.3. The Hall–Kier alpha value is -5.39. The van der Waals surface area contributed by atoms with Crippen LogP contribution in [0.15, 0.2) is 107 Å². The molecular formula is C41H34Cl2FN5O5. The molecule has 54 heavy (non-hydrogen) atoms. The van der Waals surface area contributed by atoms with Crippen molar-refractivity contribution in [2.24, 2.45) is 39.3 Å². The molecule has 0 radical (unpaired) electrons. The average Bonchev–Trinajstić information content (AvgIpc) is 3.52. The molecule has 3 fully saturated rings.